The van der Waals surface area contributed by atoms with Crippen LogP contribution in [0.3, 0.4) is 0 Å². The molecule has 92 valence electrons. The van der Waals surface area contributed by atoms with Crippen LogP contribution in [-0.2, 0) is 12.5 Å². The molecule has 1 aromatic carbocycles. The molecular weight excluding hydrogens is 236 g/mol. The van der Waals surface area contributed by atoms with E-state index >= 15 is 0 Å². The van der Waals surface area contributed by atoms with E-state index < -0.39 is 5.92 Å². The van der Waals surface area contributed by atoms with Gasteiger partial charge in [0.05, 0.1) is 6.54 Å². The van der Waals surface area contributed by atoms with Crippen molar-refractivity contribution >= 4 is 5.82 Å². The molecule has 0 saturated carbocycles. The fourth-order valence-electron chi connectivity index (χ4n) is 2.23. The maximum Gasteiger partial charge on any atom is 0.290 e. The van der Waals surface area contributed by atoms with Gasteiger partial charge in [-0.25, -0.2) is 0 Å². The Hall–Kier alpha value is -2.04. The van der Waals surface area contributed by atoms with Crippen LogP contribution in [0.5, 0.6) is 0 Å². The highest BCUT2D eigenvalue weighted by Crippen LogP contribution is 2.37. The molecule has 2 aromatic rings. The van der Waals surface area contributed by atoms with Gasteiger partial charge in [0.25, 0.3) is 5.92 Å². The van der Waals surface area contributed by atoms with Crippen LogP contribution >= 0.6 is 0 Å². The third-order valence-electron chi connectivity index (χ3n) is 3.04. The number of benzene rings is 1. The molecule has 18 heavy (non-hydrogen) atoms. The number of rotatable bonds is 1. The number of aromatic nitrogens is 2. The summed E-state index contributed by atoms with van der Waals surface area (Å²) in [6, 6.07) is 10.0. The van der Waals surface area contributed by atoms with Crippen LogP contribution in [0.25, 0.3) is 0 Å². The van der Waals surface area contributed by atoms with Crippen molar-refractivity contribution in [2.45, 2.75) is 12.5 Å². The molecule has 0 saturated heterocycles. The first kappa shape index (κ1) is 11.1. The fraction of sp³-hybridized carbons (Fsp3) is 0.231. The van der Waals surface area contributed by atoms with E-state index in [1.54, 1.807) is 35.2 Å². The number of hydrogen-bond acceptors (Lipinski definition) is 3. The zero-order chi connectivity index (χ0) is 12.6. The molecule has 0 radical (unpaired) electrons. The highest BCUT2D eigenvalue weighted by atomic mass is 19.3. The van der Waals surface area contributed by atoms with Gasteiger partial charge in [-0.05, 0) is 17.7 Å². The Morgan fingerprint density at radius 1 is 1.11 bits per heavy atom. The van der Waals surface area contributed by atoms with Gasteiger partial charge in [-0.2, -0.15) is 13.9 Å². The van der Waals surface area contributed by atoms with Gasteiger partial charge < -0.3 is 4.90 Å². The van der Waals surface area contributed by atoms with Crippen LogP contribution in [0, 0.1) is 0 Å². The first-order valence-corrected chi connectivity index (χ1v) is 5.66. The molecule has 3 nitrogen and oxygen atoms in total. The van der Waals surface area contributed by atoms with Gasteiger partial charge in [0.15, 0.2) is 5.82 Å². The van der Waals surface area contributed by atoms with Gasteiger partial charge in [-0.15, -0.1) is 5.10 Å². The van der Waals surface area contributed by atoms with E-state index in [9.17, 15) is 8.78 Å². The molecule has 0 N–H and O–H groups in total. The van der Waals surface area contributed by atoms with Crippen molar-refractivity contribution < 1.29 is 8.78 Å². The number of fused-ring (bicyclic) bond motifs is 1. The van der Waals surface area contributed by atoms with Crippen LogP contribution in [0.2, 0.25) is 0 Å². The summed E-state index contributed by atoms with van der Waals surface area (Å²) in [4.78, 5) is 1.55. The Morgan fingerprint density at radius 2 is 1.94 bits per heavy atom. The second-order valence-electron chi connectivity index (χ2n) is 4.30. The quantitative estimate of drug-likeness (QED) is 0.775. The highest BCUT2D eigenvalue weighted by Gasteiger charge is 2.40. The topological polar surface area (TPSA) is 29.0 Å². The fourth-order valence-corrected chi connectivity index (χ4v) is 2.23. The number of nitrogens with zero attached hydrogens (tertiary/aromatic N) is 3. The predicted molar refractivity (Wildman–Crippen MR) is 63.4 cm³/mol. The maximum absolute atomic E-state index is 14.0. The zero-order valence-corrected chi connectivity index (χ0v) is 9.55. The van der Waals surface area contributed by atoms with Crippen molar-refractivity contribution in [2.75, 3.05) is 11.4 Å². The van der Waals surface area contributed by atoms with E-state index in [-0.39, 0.29) is 12.1 Å². The summed E-state index contributed by atoms with van der Waals surface area (Å²) < 4.78 is 28.1. The Bertz CT molecular complexity index is 557. The Kier molecular flexibility index (Phi) is 2.47. The lowest BCUT2D eigenvalue weighted by atomic mass is 9.96. The molecule has 0 amide bonds. The molecule has 0 atom stereocenters. The predicted octanol–water partition coefficient (Wildman–Crippen LogP) is 2.59. The molecule has 5 heteroatoms. The van der Waals surface area contributed by atoms with E-state index in [0.29, 0.717) is 17.9 Å². The minimum Gasteiger partial charge on any atom is -0.344 e. The van der Waals surface area contributed by atoms with E-state index in [1.165, 1.54) is 12.3 Å². The van der Waals surface area contributed by atoms with E-state index in [0.717, 1.165) is 0 Å². The molecule has 0 spiro atoms. The third-order valence-corrected chi connectivity index (χ3v) is 3.04. The maximum atomic E-state index is 14.0. The van der Waals surface area contributed by atoms with Crippen molar-refractivity contribution in [3.8, 4) is 0 Å². The Labute approximate surface area is 103 Å². The smallest absolute Gasteiger partial charge is 0.290 e. The number of anilines is 1. The van der Waals surface area contributed by atoms with Gasteiger partial charge in [0, 0.05) is 18.3 Å². The van der Waals surface area contributed by atoms with Gasteiger partial charge in [-0.1, -0.05) is 24.3 Å². The van der Waals surface area contributed by atoms with Crippen LogP contribution < -0.4 is 4.90 Å². The van der Waals surface area contributed by atoms with E-state index in [4.69, 9.17) is 0 Å². The number of hydrogen-bond donors (Lipinski definition) is 0. The average Bonchev–Trinajstić information content (AvgIpc) is 2.39. The Balaban J connectivity index is 2.01. The average molecular weight is 247 g/mol. The lowest BCUT2D eigenvalue weighted by Crippen LogP contribution is -2.41. The molecule has 1 aliphatic heterocycles. The van der Waals surface area contributed by atoms with Crippen LogP contribution in [0.15, 0.2) is 42.6 Å². The summed E-state index contributed by atoms with van der Waals surface area (Å²) in [6.45, 7) is 0.0766. The van der Waals surface area contributed by atoms with Gasteiger partial charge >= 0.3 is 0 Å². The molecular formula is C13H11F2N3. The van der Waals surface area contributed by atoms with Gasteiger partial charge in [0.2, 0.25) is 0 Å². The molecule has 1 aromatic heterocycles. The highest BCUT2D eigenvalue weighted by molar-refractivity contribution is 5.45. The molecule has 0 aliphatic carbocycles. The van der Waals surface area contributed by atoms with Crippen molar-refractivity contribution in [2.24, 2.45) is 0 Å². The minimum atomic E-state index is -2.85. The lowest BCUT2D eigenvalue weighted by molar-refractivity contribution is -0.00265. The monoisotopic (exact) mass is 247 g/mol. The lowest BCUT2D eigenvalue weighted by Gasteiger charge is -2.34. The summed E-state index contributed by atoms with van der Waals surface area (Å²) in [6.07, 6.45) is 1.53. The molecule has 3 rings (SSSR count). The molecule has 0 bridgehead atoms. The summed E-state index contributed by atoms with van der Waals surface area (Å²) in [5.74, 6) is -2.38. The number of alkyl halides is 2. The first-order chi connectivity index (χ1) is 8.67. The third kappa shape index (κ3) is 1.81. The van der Waals surface area contributed by atoms with Crippen molar-refractivity contribution in [1.29, 1.82) is 0 Å². The van der Waals surface area contributed by atoms with Gasteiger partial charge in [0.1, 0.15) is 0 Å². The normalized spacial score (nSPS) is 17.3. The largest absolute Gasteiger partial charge is 0.344 e. The Morgan fingerprint density at radius 3 is 2.72 bits per heavy atom. The van der Waals surface area contributed by atoms with Gasteiger partial charge in [-0.3, -0.25) is 0 Å². The van der Waals surface area contributed by atoms with E-state index in [2.05, 4.69) is 10.2 Å². The van der Waals surface area contributed by atoms with Crippen molar-refractivity contribution in [3.63, 3.8) is 0 Å². The summed E-state index contributed by atoms with van der Waals surface area (Å²) in [5, 5.41) is 7.61. The minimum absolute atomic E-state index is 0.116. The second-order valence-corrected chi connectivity index (χ2v) is 4.30. The standard InChI is InChI=1S/C13H11F2N3/c14-13(15)9-18(12-6-3-7-16-17-12)8-10-4-1-2-5-11(10)13/h1-7H,8-9H2. The van der Waals surface area contributed by atoms with Crippen LogP contribution in [0.4, 0.5) is 14.6 Å². The van der Waals surface area contributed by atoms with Crippen LogP contribution in [-0.4, -0.2) is 16.7 Å². The summed E-state index contributed by atoms with van der Waals surface area (Å²) >= 11 is 0. The number of halogens is 2. The summed E-state index contributed by atoms with van der Waals surface area (Å²) in [5.41, 5.74) is 0.754. The summed E-state index contributed by atoms with van der Waals surface area (Å²) in [7, 11) is 0. The zero-order valence-electron chi connectivity index (χ0n) is 9.55. The van der Waals surface area contributed by atoms with Crippen molar-refractivity contribution in [3.05, 3.63) is 53.7 Å². The molecule has 2 heterocycles. The SMILES string of the molecule is FC1(F)CN(c2cccnn2)Cc2ccccc21. The first-order valence-electron chi connectivity index (χ1n) is 5.66. The molecule has 0 unspecified atom stereocenters. The van der Waals surface area contributed by atoms with E-state index in [1.807, 2.05) is 0 Å². The molecule has 0 fully saturated rings. The molecule has 1 aliphatic rings. The second kappa shape index (κ2) is 4.01. The van der Waals surface area contributed by atoms with Crippen LogP contribution in [0.1, 0.15) is 11.1 Å². The van der Waals surface area contributed by atoms with Crippen molar-refractivity contribution in [1.82, 2.24) is 10.2 Å².